The highest BCUT2D eigenvalue weighted by molar-refractivity contribution is 5.76. The molecular formula is C17H19N3. The zero-order valence-corrected chi connectivity index (χ0v) is 11.9. The minimum Gasteiger partial charge on any atom is -0.322 e. The summed E-state index contributed by atoms with van der Waals surface area (Å²) in [7, 11) is 0. The van der Waals surface area contributed by atoms with Crippen LogP contribution in [0.2, 0.25) is 0 Å². The van der Waals surface area contributed by atoms with Crippen LogP contribution in [0.3, 0.4) is 0 Å². The van der Waals surface area contributed by atoms with Crippen LogP contribution in [0.4, 0.5) is 0 Å². The Kier molecular flexibility index (Phi) is 3.28. The van der Waals surface area contributed by atoms with Crippen LogP contribution in [0.25, 0.3) is 11.0 Å². The molecule has 0 aliphatic heterocycles. The molecule has 2 aromatic carbocycles. The van der Waals surface area contributed by atoms with Crippen molar-refractivity contribution in [1.29, 1.82) is 0 Å². The van der Waals surface area contributed by atoms with Gasteiger partial charge in [0.1, 0.15) is 5.82 Å². The van der Waals surface area contributed by atoms with Crippen LogP contribution in [-0.4, -0.2) is 9.55 Å². The predicted octanol–water partition coefficient (Wildman–Crippen LogP) is 3.41. The van der Waals surface area contributed by atoms with Crippen LogP contribution in [0.15, 0.2) is 48.5 Å². The third-order valence-corrected chi connectivity index (χ3v) is 3.51. The average molecular weight is 265 g/mol. The maximum Gasteiger partial charge on any atom is 0.126 e. The second kappa shape index (κ2) is 5.10. The SMILES string of the molecule is Cc1cccc(Cn2c(C(C)N)nc3ccccc32)c1. The highest BCUT2D eigenvalue weighted by atomic mass is 15.1. The van der Waals surface area contributed by atoms with Crippen molar-refractivity contribution >= 4 is 11.0 Å². The number of para-hydroxylation sites is 2. The summed E-state index contributed by atoms with van der Waals surface area (Å²) < 4.78 is 2.22. The molecule has 102 valence electrons. The van der Waals surface area contributed by atoms with E-state index >= 15 is 0 Å². The highest BCUT2D eigenvalue weighted by Crippen LogP contribution is 2.21. The van der Waals surface area contributed by atoms with Gasteiger partial charge in [0.05, 0.1) is 17.1 Å². The Bertz CT molecular complexity index is 741. The largest absolute Gasteiger partial charge is 0.322 e. The monoisotopic (exact) mass is 265 g/mol. The van der Waals surface area contributed by atoms with Crippen LogP contribution in [0.1, 0.15) is 29.9 Å². The molecule has 3 rings (SSSR count). The molecule has 1 aromatic heterocycles. The number of nitrogens with zero attached hydrogens (tertiary/aromatic N) is 2. The van der Waals surface area contributed by atoms with Crippen molar-refractivity contribution in [3.63, 3.8) is 0 Å². The summed E-state index contributed by atoms with van der Waals surface area (Å²) in [6, 6.07) is 16.7. The van der Waals surface area contributed by atoms with Gasteiger partial charge in [0, 0.05) is 6.54 Å². The highest BCUT2D eigenvalue weighted by Gasteiger charge is 2.13. The van der Waals surface area contributed by atoms with E-state index in [-0.39, 0.29) is 6.04 Å². The first kappa shape index (κ1) is 12.9. The average Bonchev–Trinajstić information content (AvgIpc) is 2.78. The Morgan fingerprint density at radius 3 is 2.70 bits per heavy atom. The van der Waals surface area contributed by atoms with Gasteiger partial charge in [-0.25, -0.2) is 4.98 Å². The first-order valence-electron chi connectivity index (χ1n) is 6.91. The van der Waals surface area contributed by atoms with Gasteiger partial charge in [-0.2, -0.15) is 0 Å². The number of rotatable bonds is 3. The molecular weight excluding hydrogens is 246 g/mol. The third-order valence-electron chi connectivity index (χ3n) is 3.51. The predicted molar refractivity (Wildman–Crippen MR) is 82.6 cm³/mol. The number of fused-ring (bicyclic) bond motifs is 1. The fraction of sp³-hybridized carbons (Fsp3) is 0.235. The normalized spacial score (nSPS) is 12.8. The van der Waals surface area contributed by atoms with Crippen molar-refractivity contribution < 1.29 is 0 Å². The minimum absolute atomic E-state index is 0.0767. The van der Waals surface area contributed by atoms with E-state index in [1.807, 2.05) is 25.1 Å². The van der Waals surface area contributed by atoms with E-state index in [1.54, 1.807) is 0 Å². The summed E-state index contributed by atoms with van der Waals surface area (Å²) in [6.07, 6.45) is 0. The molecule has 0 radical (unpaired) electrons. The number of hydrogen-bond acceptors (Lipinski definition) is 2. The number of aromatic nitrogens is 2. The molecule has 1 unspecified atom stereocenters. The summed E-state index contributed by atoms with van der Waals surface area (Å²) >= 11 is 0. The lowest BCUT2D eigenvalue weighted by Crippen LogP contribution is -2.14. The van der Waals surface area contributed by atoms with Crippen LogP contribution in [-0.2, 0) is 6.54 Å². The molecule has 0 saturated heterocycles. The summed E-state index contributed by atoms with van der Waals surface area (Å²) in [6.45, 7) is 4.90. The Hall–Kier alpha value is -2.13. The maximum absolute atomic E-state index is 6.08. The number of imidazole rings is 1. The van der Waals surface area contributed by atoms with Crippen molar-refractivity contribution in [3.8, 4) is 0 Å². The Balaban J connectivity index is 2.11. The van der Waals surface area contributed by atoms with Gasteiger partial charge in [-0.15, -0.1) is 0 Å². The molecule has 20 heavy (non-hydrogen) atoms. The van der Waals surface area contributed by atoms with Gasteiger partial charge in [-0.1, -0.05) is 42.0 Å². The Labute approximate surface area is 119 Å². The molecule has 0 bridgehead atoms. The van der Waals surface area contributed by atoms with Crippen LogP contribution < -0.4 is 5.73 Å². The Morgan fingerprint density at radius 1 is 1.15 bits per heavy atom. The lowest BCUT2D eigenvalue weighted by atomic mass is 10.1. The zero-order chi connectivity index (χ0) is 14.1. The van der Waals surface area contributed by atoms with Crippen molar-refractivity contribution in [3.05, 3.63) is 65.5 Å². The van der Waals surface area contributed by atoms with Crippen LogP contribution >= 0.6 is 0 Å². The fourth-order valence-electron chi connectivity index (χ4n) is 2.60. The standard InChI is InChI=1S/C17H19N3/c1-12-6-5-7-14(10-12)11-20-16-9-4-3-8-15(16)19-17(20)13(2)18/h3-10,13H,11,18H2,1-2H3. The number of aryl methyl sites for hydroxylation is 1. The van der Waals surface area contributed by atoms with Gasteiger partial charge < -0.3 is 10.3 Å². The summed E-state index contributed by atoms with van der Waals surface area (Å²) in [4.78, 5) is 4.67. The lowest BCUT2D eigenvalue weighted by Gasteiger charge is -2.12. The molecule has 3 heteroatoms. The van der Waals surface area contributed by atoms with E-state index in [0.29, 0.717) is 0 Å². The minimum atomic E-state index is -0.0767. The molecule has 0 saturated carbocycles. The molecule has 0 aliphatic carbocycles. The van der Waals surface area contributed by atoms with Gasteiger partial charge in [0.2, 0.25) is 0 Å². The smallest absolute Gasteiger partial charge is 0.126 e. The van der Waals surface area contributed by atoms with Crippen molar-refractivity contribution in [2.24, 2.45) is 5.73 Å². The molecule has 0 spiro atoms. The number of hydrogen-bond donors (Lipinski definition) is 1. The lowest BCUT2D eigenvalue weighted by molar-refractivity contribution is 0.664. The summed E-state index contributed by atoms with van der Waals surface area (Å²) in [5.74, 6) is 0.938. The second-order valence-corrected chi connectivity index (χ2v) is 5.32. The molecule has 1 atom stereocenters. The number of benzene rings is 2. The van der Waals surface area contributed by atoms with E-state index in [0.717, 1.165) is 23.4 Å². The fourth-order valence-corrected chi connectivity index (χ4v) is 2.60. The van der Waals surface area contributed by atoms with E-state index in [9.17, 15) is 0 Å². The second-order valence-electron chi connectivity index (χ2n) is 5.32. The van der Waals surface area contributed by atoms with Gasteiger partial charge in [0.15, 0.2) is 0 Å². The quantitative estimate of drug-likeness (QED) is 0.788. The van der Waals surface area contributed by atoms with Gasteiger partial charge in [-0.3, -0.25) is 0 Å². The molecule has 2 N–H and O–H groups in total. The Morgan fingerprint density at radius 2 is 1.95 bits per heavy atom. The van der Waals surface area contributed by atoms with Crippen molar-refractivity contribution in [2.75, 3.05) is 0 Å². The summed E-state index contributed by atoms with van der Waals surface area (Å²) in [5, 5.41) is 0. The van der Waals surface area contributed by atoms with Crippen LogP contribution in [0.5, 0.6) is 0 Å². The van der Waals surface area contributed by atoms with Gasteiger partial charge in [-0.05, 0) is 31.5 Å². The third kappa shape index (κ3) is 2.32. The van der Waals surface area contributed by atoms with E-state index in [2.05, 4.69) is 46.8 Å². The molecule has 0 aliphatic rings. The van der Waals surface area contributed by atoms with Crippen molar-refractivity contribution in [2.45, 2.75) is 26.4 Å². The molecule has 3 aromatic rings. The first-order chi connectivity index (χ1) is 9.65. The van der Waals surface area contributed by atoms with Gasteiger partial charge >= 0.3 is 0 Å². The zero-order valence-electron chi connectivity index (χ0n) is 11.9. The van der Waals surface area contributed by atoms with E-state index in [1.165, 1.54) is 11.1 Å². The summed E-state index contributed by atoms with van der Waals surface area (Å²) in [5.41, 5.74) is 10.8. The molecule has 0 amide bonds. The maximum atomic E-state index is 6.08. The van der Waals surface area contributed by atoms with E-state index in [4.69, 9.17) is 5.73 Å². The molecule has 3 nitrogen and oxygen atoms in total. The first-order valence-corrected chi connectivity index (χ1v) is 6.91. The molecule has 0 fully saturated rings. The van der Waals surface area contributed by atoms with Crippen molar-refractivity contribution in [1.82, 2.24) is 9.55 Å². The van der Waals surface area contributed by atoms with Gasteiger partial charge in [0.25, 0.3) is 0 Å². The molecule has 1 heterocycles. The number of nitrogens with two attached hydrogens (primary N) is 1. The topological polar surface area (TPSA) is 43.8 Å². The van der Waals surface area contributed by atoms with Crippen LogP contribution in [0, 0.1) is 6.92 Å². The van der Waals surface area contributed by atoms with E-state index < -0.39 is 0 Å².